The topological polar surface area (TPSA) is 94.3 Å². The van der Waals surface area contributed by atoms with Crippen LogP contribution in [0.5, 0.6) is 0 Å². The second-order valence-electron chi connectivity index (χ2n) is 6.87. The zero-order valence-corrected chi connectivity index (χ0v) is 20.0. The molecule has 3 aromatic carbocycles. The summed E-state index contributed by atoms with van der Waals surface area (Å²) in [5, 5.41) is 6.67. The van der Waals surface area contributed by atoms with Crippen molar-refractivity contribution in [1.29, 1.82) is 0 Å². The standard InChI is InChI=1S/C21H18Cl3NO4S2/c22-16-6-9-17(10-7-16)30(26,27)18-8-5-15(21(13-18)31(25,28)29)3-1-2-14-4-11-19(23)20(24)12-14/h4-13H,1-3H2,(H2,25,28,29). The van der Waals surface area contributed by atoms with E-state index < -0.39 is 19.9 Å². The number of aryl methyl sites for hydroxylation is 2. The molecule has 0 atom stereocenters. The smallest absolute Gasteiger partial charge is 0.225 e. The van der Waals surface area contributed by atoms with Crippen LogP contribution in [0.4, 0.5) is 0 Å². The quantitative estimate of drug-likeness (QED) is 0.459. The second-order valence-corrected chi connectivity index (χ2v) is 11.6. The second kappa shape index (κ2) is 9.48. The van der Waals surface area contributed by atoms with Gasteiger partial charge in [0.2, 0.25) is 19.9 Å². The number of halogens is 3. The van der Waals surface area contributed by atoms with Crippen molar-refractivity contribution in [3.8, 4) is 0 Å². The molecular weight excluding hydrogens is 501 g/mol. The number of primary sulfonamides is 1. The molecule has 0 amide bonds. The summed E-state index contributed by atoms with van der Waals surface area (Å²) in [5.74, 6) is 0. The van der Waals surface area contributed by atoms with Crippen molar-refractivity contribution in [2.45, 2.75) is 33.9 Å². The lowest BCUT2D eigenvalue weighted by Gasteiger charge is -2.12. The Bertz CT molecular complexity index is 1320. The van der Waals surface area contributed by atoms with Gasteiger partial charge in [-0.2, -0.15) is 0 Å². The van der Waals surface area contributed by atoms with Crippen LogP contribution < -0.4 is 5.14 Å². The number of hydrogen-bond acceptors (Lipinski definition) is 4. The molecule has 0 aliphatic carbocycles. The van der Waals surface area contributed by atoms with E-state index in [2.05, 4.69) is 0 Å². The maximum absolute atomic E-state index is 12.9. The van der Waals surface area contributed by atoms with Crippen LogP contribution in [0, 0.1) is 0 Å². The average molecular weight is 519 g/mol. The first kappa shape index (κ1) is 24.0. The van der Waals surface area contributed by atoms with Gasteiger partial charge in [-0.15, -0.1) is 0 Å². The maximum atomic E-state index is 12.9. The molecule has 0 spiro atoms. The SMILES string of the molecule is NS(=O)(=O)c1cc(S(=O)(=O)c2ccc(Cl)cc2)ccc1CCCc1ccc(Cl)c(Cl)c1. The minimum Gasteiger partial charge on any atom is -0.225 e. The number of benzene rings is 3. The summed E-state index contributed by atoms with van der Waals surface area (Å²) in [7, 11) is -8.07. The Balaban J connectivity index is 1.88. The lowest BCUT2D eigenvalue weighted by Crippen LogP contribution is -2.16. The van der Waals surface area contributed by atoms with E-state index >= 15 is 0 Å². The molecule has 164 valence electrons. The average Bonchev–Trinajstić information content (AvgIpc) is 2.70. The van der Waals surface area contributed by atoms with Crippen molar-refractivity contribution in [1.82, 2.24) is 0 Å². The predicted octanol–water partition coefficient (Wildman–Crippen LogP) is 5.30. The van der Waals surface area contributed by atoms with Crippen LogP contribution in [0.1, 0.15) is 17.5 Å². The third-order valence-corrected chi connectivity index (χ3v) is 8.43. The van der Waals surface area contributed by atoms with E-state index in [-0.39, 0.29) is 14.7 Å². The van der Waals surface area contributed by atoms with Gasteiger partial charge in [0.05, 0.1) is 24.7 Å². The van der Waals surface area contributed by atoms with Crippen LogP contribution in [0.3, 0.4) is 0 Å². The predicted molar refractivity (Wildman–Crippen MR) is 123 cm³/mol. The zero-order chi connectivity index (χ0) is 22.8. The summed E-state index contributed by atoms with van der Waals surface area (Å²) in [6.45, 7) is 0. The maximum Gasteiger partial charge on any atom is 0.238 e. The first-order chi connectivity index (χ1) is 14.5. The molecule has 5 nitrogen and oxygen atoms in total. The van der Waals surface area contributed by atoms with Crippen LogP contribution in [0.2, 0.25) is 15.1 Å². The van der Waals surface area contributed by atoms with Gasteiger partial charge in [-0.05, 0) is 78.9 Å². The third-order valence-electron chi connectivity index (χ3n) is 4.67. The molecule has 0 heterocycles. The largest absolute Gasteiger partial charge is 0.238 e. The minimum absolute atomic E-state index is 0.00429. The van der Waals surface area contributed by atoms with E-state index in [0.717, 1.165) is 11.6 Å². The van der Waals surface area contributed by atoms with E-state index in [1.54, 1.807) is 12.1 Å². The Morgan fingerprint density at radius 2 is 1.35 bits per heavy atom. The molecule has 0 radical (unpaired) electrons. The Labute approximate surface area is 196 Å². The Kier molecular flexibility index (Phi) is 7.35. The summed E-state index contributed by atoms with van der Waals surface area (Å²) >= 11 is 17.8. The van der Waals surface area contributed by atoms with Crippen LogP contribution in [-0.2, 0) is 32.7 Å². The molecule has 10 heteroatoms. The van der Waals surface area contributed by atoms with Crippen LogP contribution in [0.25, 0.3) is 0 Å². The molecule has 0 aliphatic rings. The molecule has 2 N–H and O–H groups in total. The van der Waals surface area contributed by atoms with E-state index in [1.807, 2.05) is 6.07 Å². The zero-order valence-electron chi connectivity index (χ0n) is 16.1. The molecule has 0 aliphatic heterocycles. The Morgan fingerprint density at radius 3 is 1.97 bits per heavy atom. The molecule has 0 unspecified atom stereocenters. The Morgan fingerprint density at radius 1 is 0.710 bits per heavy atom. The number of rotatable bonds is 7. The van der Waals surface area contributed by atoms with Crippen LogP contribution >= 0.6 is 34.8 Å². The summed E-state index contributed by atoms with van der Waals surface area (Å²) in [4.78, 5) is -0.367. The monoisotopic (exact) mass is 517 g/mol. The number of sulfonamides is 1. The summed E-state index contributed by atoms with van der Waals surface area (Å²) in [6, 6.07) is 14.9. The first-order valence-corrected chi connectivity index (χ1v) is 13.2. The lowest BCUT2D eigenvalue weighted by atomic mass is 10.0. The summed E-state index contributed by atoms with van der Waals surface area (Å²) in [5.41, 5.74) is 1.39. The highest BCUT2D eigenvalue weighted by atomic mass is 35.5. The van der Waals surface area contributed by atoms with Gasteiger partial charge < -0.3 is 0 Å². The van der Waals surface area contributed by atoms with Crippen molar-refractivity contribution in [3.63, 3.8) is 0 Å². The molecule has 0 fully saturated rings. The fourth-order valence-electron chi connectivity index (χ4n) is 3.10. The molecular formula is C21H18Cl3NO4S2. The van der Waals surface area contributed by atoms with Crippen molar-refractivity contribution < 1.29 is 16.8 Å². The fourth-order valence-corrected chi connectivity index (χ4v) is 5.74. The first-order valence-electron chi connectivity index (χ1n) is 9.09. The molecule has 3 rings (SSSR count). The van der Waals surface area contributed by atoms with Crippen molar-refractivity contribution in [2.75, 3.05) is 0 Å². The van der Waals surface area contributed by atoms with Gasteiger partial charge in [-0.25, -0.2) is 22.0 Å². The van der Waals surface area contributed by atoms with Gasteiger partial charge >= 0.3 is 0 Å². The van der Waals surface area contributed by atoms with Gasteiger partial charge in [0.1, 0.15) is 0 Å². The molecule has 0 saturated heterocycles. The molecule has 3 aromatic rings. The highest BCUT2D eigenvalue weighted by molar-refractivity contribution is 7.91. The van der Waals surface area contributed by atoms with E-state index in [0.29, 0.717) is 39.9 Å². The number of nitrogens with two attached hydrogens (primary N) is 1. The lowest BCUT2D eigenvalue weighted by molar-refractivity contribution is 0.593. The van der Waals surface area contributed by atoms with E-state index in [4.69, 9.17) is 39.9 Å². The number of hydrogen-bond donors (Lipinski definition) is 1. The van der Waals surface area contributed by atoms with Crippen molar-refractivity contribution in [2.24, 2.45) is 5.14 Å². The molecule has 31 heavy (non-hydrogen) atoms. The molecule has 0 bridgehead atoms. The summed E-state index contributed by atoms with van der Waals surface area (Å²) < 4.78 is 50.1. The number of sulfone groups is 1. The summed E-state index contributed by atoms with van der Waals surface area (Å²) in [6.07, 6.45) is 1.61. The highest BCUT2D eigenvalue weighted by Crippen LogP contribution is 2.28. The van der Waals surface area contributed by atoms with E-state index in [1.165, 1.54) is 36.4 Å². The van der Waals surface area contributed by atoms with Gasteiger partial charge in [0.15, 0.2) is 0 Å². The molecule has 0 aromatic heterocycles. The van der Waals surface area contributed by atoms with Gasteiger partial charge in [0, 0.05) is 5.02 Å². The van der Waals surface area contributed by atoms with E-state index in [9.17, 15) is 16.8 Å². The van der Waals surface area contributed by atoms with Crippen molar-refractivity contribution >= 4 is 54.7 Å². The highest BCUT2D eigenvalue weighted by Gasteiger charge is 2.22. The van der Waals surface area contributed by atoms with Gasteiger partial charge in [-0.3, -0.25) is 0 Å². The van der Waals surface area contributed by atoms with Crippen molar-refractivity contribution in [3.05, 3.63) is 86.9 Å². The van der Waals surface area contributed by atoms with Gasteiger partial charge in [0.25, 0.3) is 0 Å². The van der Waals surface area contributed by atoms with Crippen LogP contribution in [0.15, 0.2) is 75.4 Å². The normalized spacial score (nSPS) is 12.1. The van der Waals surface area contributed by atoms with Crippen LogP contribution in [-0.4, -0.2) is 16.8 Å². The van der Waals surface area contributed by atoms with Gasteiger partial charge in [-0.1, -0.05) is 46.9 Å². The minimum atomic E-state index is -4.14. The fraction of sp³-hybridized carbons (Fsp3) is 0.143. The molecule has 0 saturated carbocycles. The third kappa shape index (κ3) is 5.80. The Hall–Kier alpha value is -1.61.